The number of hydrogen-bond acceptors (Lipinski definition) is 8. The number of hydrogen-bond donors (Lipinski definition) is 0. The first-order valence-corrected chi connectivity index (χ1v) is 11.3. The van der Waals surface area contributed by atoms with Gasteiger partial charge in [-0.3, -0.25) is 10.1 Å². The number of nitro benzene ring substituents is 1. The highest BCUT2D eigenvalue weighted by molar-refractivity contribution is 7.90. The molecule has 1 aliphatic carbocycles. The molecule has 2 aromatic heterocycles. The van der Waals surface area contributed by atoms with Crippen LogP contribution in [-0.2, 0) is 27.4 Å². The lowest BCUT2D eigenvalue weighted by atomic mass is 9.88. The number of aromatic nitrogens is 3. The molecular weight excluding hydrogens is 424 g/mol. The first-order valence-electron chi connectivity index (χ1n) is 9.44. The number of pyridine rings is 1. The van der Waals surface area contributed by atoms with Crippen LogP contribution < -0.4 is 0 Å². The van der Waals surface area contributed by atoms with Crippen LogP contribution in [0.5, 0.6) is 0 Å². The van der Waals surface area contributed by atoms with E-state index in [0.717, 1.165) is 11.8 Å². The van der Waals surface area contributed by atoms with E-state index in [-0.39, 0.29) is 28.7 Å². The second kappa shape index (κ2) is 7.58. The van der Waals surface area contributed by atoms with Gasteiger partial charge in [0.2, 0.25) is 0 Å². The summed E-state index contributed by atoms with van der Waals surface area (Å²) in [5.41, 5.74) is 2.60. The average molecular weight is 442 g/mol. The van der Waals surface area contributed by atoms with Crippen molar-refractivity contribution in [2.45, 2.75) is 24.7 Å². The van der Waals surface area contributed by atoms with Gasteiger partial charge in [-0.1, -0.05) is 6.07 Å². The van der Waals surface area contributed by atoms with Gasteiger partial charge in [0.15, 0.2) is 21.3 Å². The molecule has 4 rings (SSSR count). The third-order valence-electron chi connectivity index (χ3n) is 5.02. The number of aryl methyl sites for hydroxylation is 1. The largest absolute Gasteiger partial charge is 0.461 e. The maximum atomic E-state index is 12.5. The predicted molar refractivity (Wildman–Crippen MR) is 110 cm³/mol. The van der Waals surface area contributed by atoms with Gasteiger partial charge in [0.05, 0.1) is 22.1 Å². The van der Waals surface area contributed by atoms with E-state index in [0.29, 0.717) is 29.7 Å². The minimum Gasteiger partial charge on any atom is -0.461 e. The first-order chi connectivity index (χ1) is 14.7. The zero-order valence-electron chi connectivity index (χ0n) is 16.7. The average Bonchev–Trinajstić information content (AvgIpc) is 3.13. The summed E-state index contributed by atoms with van der Waals surface area (Å²) in [5, 5.41) is 15.7. The Kier molecular flexibility index (Phi) is 5.05. The summed E-state index contributed by atoms with van der Waals surface area (Å²) < 4.78 is 30.1. The summed E-state index contributed by atoms with van der Waals surface area (Å²) in [6.45, 7) is 1.86. The Hall–Kier alpha value is -3.60. The van der Waals surface area contributed by atoms with E-state index in [1.165, 1.54) is 35.1 Å². The van der Waals surface area contributed by atoms with Crippen LogP contribution in [0.25, 0.3) is 17.1 Å². The summed E-state index contributed by atoms with van der Waals surface area (Å²) in [6.07, 6.45) is 3.36. The fourth-order valence-electron chi connectivity index (χ4n) is 3.59. The summed E-state index contributed by atoms with van der Waals surface area (Å²) in [6, 6.07) is 7.45. The van der Waals surface area contributed by atoms with Gasteiger partial charge in [0.25, 0.3) is 5.69 Å². The lowest BCUT2D eigenvalue weighted by Gasteiger charge is -2.18. The number of benzene rings is 1. The molecule has 0 radical (unpaired) electrons. The lowest BCUT2D eigenvalue weighted by molar-refractivity contribution is -0.384. The Labute approximate surface area is 177 Å². The quantitative estimate of drug-likeness (QED) is 0.334. The molecule has 0 atom stereocenters. The van der Waals surface area contributed by atoms with E-state index >= 15 is 0 Å². The molecule has 0 spiro atoms. The highest BCUT2D eigenvalue weighted by Crippen LogP contribution is 2.38. The van der Waals surface area contributed by atoms with Gasteiger partial charge >= 0.3 is 5.97 Å². The van der Waals surface area contributed by atoms with Gasteiger partial charge in [-0.15, -0.1) is 0 Å². The van der Waals surface area contributed by atoms with Crippen molar-refractivity contribution in [1.82, 2.24) is 14.8 Å². The van der Waals surface area contributed by atoms with Crippen molar-refractivity contribution in [2.75, 3.05) is 12.9 Å². The summed E-state index contributed by atoms with van der Waals surface area (Å²) >= 11 is 0. The zero-order chi connectivity index (χ0) is 22.3. The van der Waals surface area contributed by atoms with Crippen molar-refractivity contribution in [2.24, 2.45) is 0 Å². The number of nitrogens with zero attached hydrogens (tertiary/aromatic N) is 4. The molecule has 0 bridgehead atoms. The molecule has 10 nitrogen and oxygen atoms in total. The van der Waals surface area contributed by atoms with E-state index in [4.69, 9.17) is 4.74 Å². The van der Waals surface area contributed by atoms with Crippen LogP contribution in [0.4, 0.5) is 5.69 Å². The van der Waals surface area contributed by atoms with Crippen LogP contribution in [0.3, 0.4) is 0 Å². The standard InChI is InChI=1S/C20H18N4O6S/c1-3-30-20(25)18-15-8-5-12-4-6-13(24(26)27)10-16(12)19(15)23(22-18)17-9-7-14(11-21-17)31(2,28)29/h4,6-7,9-11H,3,5,8H2,1-2H3. The fourth-order valence-corrected chi connectivity index (χ4v) is 4.15. The van der Waals surface area contributed by atoms with Crippen LogP contribution in [0.1, 0.15) is 28.5 Å². The van der Waals surface area contributed by atoms with Gasteiger partial charge in [0.1, 0.15) is 0 Å². The minimum atomic E-state index is -3.44. The lowest BCUT2D eigenvalue weighted by Crippen LogP contribution is -2.11. The Bertz CT molecular complexity index is 1310. The second-order valence-electron chi connectivity index (χ2n) is 7.03. The molecule has 160 valence electrons. The number of non-ortho nitro benzene ring substituents is 1. The normalized spacial score (nSPS) is 12.7. The van der Waals surface area contributed by atoms with Crippen molar-refractivity contribution in [3.05, 3.63) is 63.5 Å². The van der Waals surface area contributed by atoms with Crippen LogP contribution in [0.15, 0.2) is 41.4 Å². The topological polar surface area (TPSA) is 134 Å². The minimum absolute atomic E-state index is 0.0407. The van der Waals surface area contributed by atoms with Crippen molar-refractivity contribution < 1.29 is 22.9 Å². The molecule has 11 heteroatoms. The Morgan fingerprint density at radius 2 is 2.03 bits per heavy atom. The second-order valence-corrected chi connectivity index (χ2v) is 9.05. The number of carbonyl (C=O) groups is 1. The van der Waals surface area contributed by atoms with Crippen LogP contribution >= 0.6 is 0 Å². The molecule has 31 heavy (non-hydrogen) atoms. The number of ether oxygens (including phenoxy) is 1. The zero-order valence-corrected chi connectivity index (χ0v) is 17.5. The highest BCUT2D eigenvalue weighted by Gasteiger charge is 2.31. The van der Waals surface area contributed by atoms with Crippen LogP contribution in [0, 0.1) is 10.1 Å². The monoisotopic (exact) mass is 442 g/mol. The van der Waals surface area contributed by atoms with Gasteiger partial charge in [0, 0.05) is 35.7 Å². The molecule has 1 aromatic carbocycles. The van der Waals surface area contributed by atoms with Gasteiger partial charge in [-0.25, -0.2) is 22.9 Å². The van der Waals surface area contributed by atoms with E-state index in [1.54, 1.807) is 13.0 Å². The maximum absolute atomic E-state index is 12.5. The predicted octanol–water partition coefficient (Wildman–Crippen LogP) is 2.52. The molecule has 0 fully saturated rings. The molecule has 0 N–H and O–H groups in total. The molecule has 2 heterocycles. The molecule has 0 unspecified atom stereocenters. The highest BCUT2D eigenvalue weighted by atomic mass is 32.2. The Morgan fingerprint density at radius 1 is 1.26 bits per heavy atom. The third-order valence-corrected chi connectivity index (χ3v) is 6.12. The number of carbonyl (C=O) groups excluding carboxylic acids is 1. The molecular formula is C20H18N4O6S. The van der Waals surface area contributed by atoms with Crippen LogP contribution in [-0.4, -0.2) is 46.9 Å². The van der Waals surface area contributed by atoms with Crippen molar-refractivity contribution in [3.8, 4) is 17.1 Å². The molecule has 1 aliphatic rings. The molecule has 0 amide bonds. The molecule has 0 saturated heterocycles. The van der Waals surface area contributed by atoms with Crippen molar-refractivity contribution in [3.63, 3.8) is 0 Å². The van der Waals surface area contributed by atoms with Crippen molar-refractivity contribution in [1.29, 1.82) is 0 Å². The van der Waals surface area contributed by atoms with E-state index < -0.39 is 20.7 Å². The summed E-state index contributed by atoms with van der Waals surface area (Å²) in [7, 11) is -3.44. The van der Waals surface area contributed by atoms with Gasteiger partial charge < -0.3 is 4.74 Å². The number of esters is 1. The van der Waals surface area contributed by atoms with E-state index in [2.05, 4.69) is 10.1 Å². The molecule has 3 aromatic rings. The fraction of sp³-hybridized carbons (Fsp3) is 0.250. The third kappa shape index (κ3) is 3.67. The van der Waals surface area contributed by atoms with Crippen LogP contribution in [0.2, 0.25) is 0 Å². The SMILES string of the molecule is CCOC(=O)c1nn(-c2ccc(S(C)(=O)=O)cn2)c2c1CCc1ccc([N+](=O)[O-])cc1-2. The number of nitro groups is 1. The first kappa shape index (κ1) is 20.7. The smallest absolute Gasteiger partial charge is 0.359 e. The summed E-state index contributed by atoms with van der Waals surface area (Å²) in [4.78, 5) is 27.6. The van der Waals surface area contributed by atoms with E-state index in [9.17, 15) is 23.3 Å². The maximum Gasteiger partial charge on any atom is 0.359 e. The Balaban J connectivity index is 1.95. The van der Waals surface area contributed by atoms with Gasteiger partial charge in [-0.2, -0.15) is 5.10 Å². The summed E-state index contributed by atoms with van der Waals surface area (Å²) in [5.74, 6) is -0.322. The number of sulfone groups is 1. The number of rotatable bonds is 5. The molecule has 0 saturated carbocycles. The van der Waals surface area contributed by atoms with E-state index in [1.807, 2.05) is 0 Å². The number of fused-ring (bicyclic) bond motifs is 3. The van der Waals surface area contributed by atoms with Crippen molar-refractivity contribution >= 4 is 21.5 Å². The molecule has 0 aliphatic heterocycles. The Morgan fingerprint density at radius 3 is 2.65 bits per heavy atom. The van der Waals surface area contributed by atoms with Gasteiger partial charge in [-0.05, 0) is 37.5 Å².